The number of anilines is 1. The Hall–Kier alpha value is -1.51. The molecule has 3 heteroatoms. The Morgan fingerprint density at radius 1 is 1.53 bits per heavy atom. The summed E-state index contributed by atoms with van der Waals surface area (Å²) < 4.78 is 5.82. The number of nitrogen functional groups attached to an aromatic ring is 1. The molecule has 1 aromatic carbocycles. The third-order valence-electron chi connectivity index (χ3n) is 2.94. The molecule has 80 valence electrons. The summed E-state index contributed by atoms with van der Waals surface area (Å²) in [7, 11) is 0. The van der Waals surface area contributed by atoms with Gasteiger partial charge in [-0.05, 0) is 31.5 Å². The van der Waals surface area contributed by atoms with Crippen LogP contribution in [0.2, 0.25) is 0 Å². The van der Waals surface area contributed by atoms with Gasteiger partial charge in [0.25, 0.3) is 0 Å². The fourth-order valence-electron chi connectivity index (χ4n) is 1.79. The zero-order valence-corrected chi connectivity index (χ0v) is 9.04. The number of ether oxygens (including phenoxy) is 1. The molecule has 0 aromatic heterocycles. The molecule has 0 radical (unpaired) electrons. The Bertz CT molecular complexity index is 414. The lowest BCUT2D eigenvalue weighted by Crippen LogP contribution is -2.38. The van der Waals surface area contributed by atoms with E-state index in [4.69, 9.17) is 10.5 Å². The van der Waals surface area contributed by atoms with Crippen molar-refractivity contribution in [2.24, 2.45) is 0 Å². The number of rotatable bonds is 1. The summed E-state index contributed by atoms with van der Waals surface area (Å²) >= 11 is 0. The van der Waals surface area contributed by atoms with Gasteiger partial charge in [0, 0.05) is 5.69 Å². The number of benzene rings is 1. The summed E-state index contributed by atoms with van der Waals surface area (Å²) in [6.07, 6.45) is 1.25. The van der Waals surface area contributed by atoms with Crippen LogP contribution in [0.4, 0.5) is 5.69 Å². The van der Waals surface area contributed by atoms with Gasteiger partial charge in [-0.1, -0.05) is 6.92 Å². The topological polar surface area (TPSA) is 52.3 Å². The van der Waals surface area contributed by atoms with Crippen LogP contribution in [-0.4, -0.2) is 11.4 Å². The van der Waals surface area contributed by atoms with Crippen LogP contribution in [0.3, 0.4) is 0 Å². The molecule has 2 N–H and O–H groups in total. The van der Waals surface area contributed by atoms with Crippen LogP contribution < -0.4 is 10.5 Å². The van der Waals surface area contributed by atoms with Gasteiger partial charge in [-0.2, -0.15) is 0 Å². The fourth-order valence-corrected chi connectivity index (χ4v) is 1.79. The molecule has 0 saturated heterocycles. The molecule has 0 unspecified atom stereocenters. The first kappa shape index (κ1) is 10.0. The van der Waals surface area contributed by atoms with Crippen molar-refractivity contribution in [2.45, 2.75) is 32.3 Å². The van der Waals surface area contributed by atoms with E-state index in [2.05, 4.69) is 0 Å². The van der Waals surface area contributed by atoms with Crippen molar-refractivity contribution in [1.29, 1.82) is 0 Å². The second-order valence-electron chi connectivity index (χ2n) is 4.26. The van der Waals surface area contributed by atoms with Crippen molar-refractivity contribution >= 4 is 11.5 Å². The van der Waals surface area contributed by atoms with Crippen LogP contribution in [-0.2, 0) is 0 Å². The van der Waals surface area contributed by atoms with Gasteiger partial charge < -0.3 is 10.5 Å². The third-order valence-corrected chi connectivity index (χ3v) is 2.94. The Morgan fingerprint density at radius 3 is 2.93 bits per heavy atom. The third kappa shape index (κ3) is 1.69. The molecule has 0 amide bonds. The average Bonchev–Trinajstić information content (AvgIpc) is 2.20. The highest BCUT2D eigenvalue weighted by Crippen LogP contribution is 2.35. The highest BCUT2D eigenvalue weighted by molar-refractivity contribution is 6.01. The Labute approximate surface area is 89.2 Å². The normalized spacial score (nSPS) is 24.5. The Morgan fingerprint density at radius 2 is 2.27 bits per heavy atom. The van der Waals surface area contributed by atoms with E-state index >= 15 is 0 Å². The first-order valence-electron chi connectivity index (χ1n) is 5.16. The van der Waals surface area contributed by atoms with E-state index in [9.17, 15) is 4.79 Å². The molecule has 0 spiro atoms. The lowest BCUT2D eigenvalue weighted by Gasteiger charge is -2.34. The highest BCUT2D eigenvalue weighted by atomic mass is 16.5. The van der Waals surface area contributed by atoms with Crippen LogP contribution in [0.1, 0.15) is 37.0 Å². The van der Waals surface area contributed by atoms with E-state index in [1.165, 1.54) is 0 Å². The predicted octanol–water partition coefficient (Wildman–Crippen LogP) is 2.40. The summed E-state index contributed by atoms with van der Waals surface area (Å²) in [5, 5.41) is 0. The molecule has 0 bridgehead atoms. The molecule has 0 saturated carbocycles. The zero-order chi connectivity index (χ0) is 11.1. The van der Waals surface area contributed by atoms with E-state index in [0.29, 0.717) is 23.4 Å². The van der Waals surface area contributed by atoms with Gasteiger partial charge in [0.15, 0.2) is 5.78 Å². The van der Waals surface area contributed by atoms with E-state index in [0.717, 1.165) is 6.42 Å². The van der Waals surface area contributed by atoms with Crippen LogP contribution in [0, 0.1) is 0 Å². The molecule has 1 aliphatic heterocycles. The molecule has 1 aromatic rings. The standard InChI is InChI=1S/C12H15NO2/c1-3-12(2)7-10(14)9-6-8(13)4-5-11(9)15-12/h4-6H,3,7,13H2,1-2H3/t12-/m0/s1. The highest BCUT2D eigenvalue weighted by Gasteiger charge is 2.34. The van der Waals surface area contributed by atoms with Crippen molar-refractivity contribution in [1.82, 2.24) is 0 Å². The minimum absolute atomic E-state index is 0.118. The second-order valence-corrected chi connectivity index (χ2v) is 4.26. The molecule has 2 rings (SSSR count). The largest absolute Gasteiger partial charge is 0.486 e. The maximum Gasteiger partial charge on any atom is 0.170 e. The molecule has 3 nitrogen and oxygen atoms in total. The molecule has 0 aliphatic carbocycles. The van der Waals surface area contributed by atoms with Crippen molar-refractivity contribution in [3.63, 3.8) is 0 Å². The molecule has 15 heavy (non-hydrogen) atoms. The van der Waals surface area contributed by atoms with Crippen LogP contribution in [0.25, 0.3) is 0 Å². The number of ketones is 1. The van der Waals surface area contributed by atoms with E-state index in [-0.39, 0.29) is 11.4 Å². The van der Waals surface area contributed by atoms with Gasteiger partial charge in [0.1, 0.15) is 11.4 Å². The summed E-state index contributed by atoms with van der Waals surface area (Å²) in [5.74, 6) is 0.776. The number of hydrogen-bond acceptors (Lipinski definition) is 3. The van der Waals surface area contributed by atoms with Gasteiger partial charge in [-0.3, -0.25) is 4.79 Å². The molecular weight excluding hydrogens is 190 g/mol. The van der Waals surface area contributed by atoms with Crippen molar-refractivity contribution in [3.05, 3.63) is 23.8 Å². The minimum atomic E-state index is -0.361. The maximum absolute atomic E-state index is 11.9. The zero-order valence-electron chi connectivity index (χ0n) is 9.04. The quantitative estimate of drug-likeness (QED) is 0.716. The van der Waals surface area contributed by atoms with Gasteiger partial charge in [0.05, 0.1) is 12.0 Å². The lowest BCUT2D eigenvalue weighted by atomic mass is 9.89. The molecule has 1 heterocycles. The molecule has 1 aliphatic rings. The molecule has 1 atom stereocenters. The first-order chi connectivity index (χ1) is 7.04. The first-order valence-corrected chi connectivity index (χ1v) is 5.16. The lowest BCUT2D eigenvalue weighted by molar-refractivity contribution is 0.0499. The Kier molecular flexibility index (Phi) is 2.18. The number of Topliss-reactive ketones (excluding diaryl/α,β-unsaturated/α-hetero) is 1. The van der Waals surface area contributed by atoms with Gasteiger partial charge in [-0.15, -0.1) is 0 Å². The van der Waals surface area contributed by atoms with E-state index in [1.807, 2.05) is 13.8 Å². The Balaban J connectivity index is 2.45. The predicted molar refractivity (Wildman–Crippen MR) is 59.1 cm³/mol. The van der Waals surface area contributed by atoms with Crippen LogP contribution >= 0.6 is 0 Å². The summed E-state index contributed by atoms with van der Waals surface area (Å²) in [6, 6.07) is 5.22. The van der Waals surface area contributed by atoms with Crippen molar-refractivity contribution in [2.75, 3.05) is 5.73 Å². The summed E-state index contributed by atoms with van der Waals surface area (Å²) in [5.41, 5.74) is 6.49. The summed E-state index contributed by atoms with van der Waals surface area (Å²) in [6.45, 7) is 3.99. The number of fused-ring (bicyclic) bond motifs is 1. The van der Waals surface area contributed by atoms with E-state index < -0.39 is 0 Å². The molecule has 0 fully saturated rings. The average molecular weight is 205 g/mol. The summed E-state index contributed by atoms with van der Waals surface area (Å²) in [4.78, 5) is 11.9. The smallest absolute Gasteiger partial charge is 0.170 e. The monoisotopic (exact) mass is 205 g/mol. The van der Waals surface area contributed by atoms with E-state index in [1.54, 1.807) is 18.2 Å². The van der Waals surface area contributed by atoms with Crippen molar-refractivity contribution < 1.29 is 9.53 Å². The van der Waals surface area contributed by atoms with Gasteiger partial charge in [0.2, 0.25) is 0 Å². The minimum Gasteiger partial charge on any atom is -0.486 e. The van der Waals surface area contributed by atoms with Gasteiger partial charge >= 0.3 is 0 Å². The molecular formula is C12H15NO2. The number of carbonyl (C=O) groups excluding carboxylic acids is 1. The number of hydrogen-bond donors (Lipinski definition) is 1. The van der Waals surface area contributed by atoms with Crippen LogP contribution in [0.5, 0.6) is 5.75 Å². The van der Waals surface area contributed by atoms with Crippen LogP contribution in [0.15, 0.2) is 18.2 Å². The second kappa shape index (κ2) is 3.26. The number of nitrogens with two attached hydrogens (primary N) is 1. The SMILES string of the molecule is CC[C@@]1(C)CC(=O)c2cc(N)ccc2O1. The number of carbonyl (C=O) groups is 1. The maximum atomic E-state index is 11.9. The van der Waals surface area contributed by atoms with Gasteiger partial charge in [-0.25, -0.2) is 0 Å². The fraction of sp³-hybridized carbons (Fsp3) is 0.417. The van der Waals surface area contributed by atoms with Crippen molar-refractivity contribution in [3.8, 4) is 5.75 Å².